The maximum absolute atomic E-state index is 13.1. The molecule has 0 aliphatic carbocycles. The Morgan fingerprint density at radius 3 is 2.39 bits per heavy atom. The van der Waals surface area contributed by atoms with Crippen LogP contribution >= 0.6 is 0 Å². The van der Waals surface area contributed by atoms with Crippen molar-refractivity contribution >= 4 is 29.2 Å². The van der Waals surface area contributed by atoms with Crippen molar-refractivity contribution in [3.63, 3.8) is 0 Å². The molecule has 31 heavy (non-hydrogen) atoms. The van der Waals surface area contributed by atoms with Crippen molar-refractivity contribution < 1.29 is 14.4 Å². The normalized spacial score (nSPS) is 11.0. The van der Waals surface area contributed by atoms with E-state index in [4.69, 9.17) is 0 Å². The molecule has 0 spiro atoms. The number of carbonyl (C=O) groups is 3. The Morgan fingerprint density at radius 2 is 1.74 bits per heavy atom. The second kappa shape index (κ2) is 10.7. The monoisotopic (exact) mass is 424 g/mol. The minimum atomic E-state index is -0.406. The number of hydrogen-bond acceptors (Lipinski definition) is 4. The van der Waals surface area contributed by atoms with Gasteiger partial charge < -0.3 is 15.5 Å². The molecule has 0 radical (unpaired) electrons. The number of pyridine rings is 1. The van der Waals surface area contributed by atoms with Crippen LogP contribution in [0.25, 0.3) is 0 Å². The number of anilines is 2. The molecule has 0 fully saturated rings. The van der Waals surface area contributed by atoms with Crippen molar-refractivity contribution in [3.05, 3.63) is 53.7 Å². The molecule has 0 bridgehead atoms. The van der Waals surface area contributed by atoms with E-state index in [2.05, 4.69) is 15.6 Å². The zero-order valence-corrected chi connectivity index (χ0v) is 19.0. The van der Waals surface area contributed by atoms with E-state index < -0.39 is 5.54 Å². The Labute approximate surface area is 184 Å². The first-order valence-corrected chi connectivity index (χ1v) is 10.5. The number of carbonyl (C=O) groups excluding carboxylic acids is 3. The topological polar surface area (TPSA) is 91.4 Å². The first-order valence-electron chi connectivity index (χ1n) is 10.5. The van der Waals surface area contributed by atoms with Crippen LogP contribution < -0.4 is 15.5 Å². The van der Waals surface area contributed by atoms with Gasteiger partial charge in [-0.1, -0.05) is 25.1 Å². The molecule has 2 aromatic rings. The van der Waals surface area contributed by atoms with Crippen LogP contribution in [0.5, 0.6) is 0 Å². The van der Waals surface area contributed by atoms with Crippen LogP contribution in [0.4, 0.5) is 11.5 Å². The summed E-state index contributed by atoms with van der Waals surface area (Å²) in [5, 5.41) is 5.61. The third kappa shape index (κ3) is 7.85. The lowest BCUT2D eigenvalue weighted by molar-refractivity contribution is -0.125. The summed E-state index contributed by atoms with van der Waals surface area (Å²) in [6.07, 6.45) is 2.33. The largest absolute Gasteiger partial charge is 0.350 e. The first-order chi connectivity index (χ1) is 14.6. The van der Waals surface area contributed by atoms with Crippen molar-refractivity contribution in [2.75, 3.05) is 16.8 Å². The smallest absolute Gasteiger partial charge is 0.240 e. The number of rotatable bonds is 8. The number of nitrogens with one attached hydrogen (secondary N) is 2. The number of nitrogens with zero attached hydrogens (tertiary/aromatic N) is 2. The number of aromatic nitrogens is 1. The molecule has 1 aromatic heterocycles. The maximum atomic E-state index is 13.1. The molecule has 1 heterocycles. The zero-order valence-electron chi connectivity index (χ0n) is 19.0. The third-order valence-electron chi connectivity index (χ3n) is 4.53. The highest BCUT2D eigenvalue weighted by molar-refractivity contribution is 6.01. The lowest BCUT2D eigenvalue weighted by Crippen LogP contribution is -2.47. The lowest BCUT2D eigenvalue weighted by atomic mass is 10.1. The molecule has 0 saturated heterocycles. The molecule has 0 saturated carbocycles. The minimum Gasteiger partial charge on any atom is -0.350 e. The highest BCUT2D eigenvalue weighted by Crippen LogP contribution is 2.22. The maximum Gasteiger partial charge on any atom is 0.240 e. The van der Waals surface area contributed by atoms with Crippen LogP contribution in [0.3, 0.4) is 0 Å². The van der Waals surface area contributed by atoms with Gasteiger partial charge in [-0.2, -0.15) is 0 Å². The van der Waals surface area contributed by atoms with E-state index >= 15 is 0 Å². The highest BCUT2D eigenvalue weighted by Gasteiger charge is 2.24. The van der Waals surface area contributed by atoms with Crippen molar-refractivity contribution in [3.8, 4) is 0 Å². The summed E-state index contributed by atoms with van der Waals surface area (Å²) < 4.78 is 0. The molecule has 7 nitrogen and oxygen atoms in total. The summed E-state index contributed by atoms with van der Waals surface area (Å²) in [5.74, 6) is -0.373. The van der Waals surface area contributed by atoms with E-state index in [0.717, 1.165) is 17.5 Å². The molecule has 1 aromatic carbocycles. The number of para-hydroxylation sites is 1. The summed E-state index contributed by atoms with van der Waals surface area (Å²) in [7, 11) is 0. The van der Waals surface area contributed by atoms with Gasteiger partial charge in [-0.3, -0.25) is 14.4 Å². The molecule has 0 aliphatic heterocycles. The molecule has 2 rings (SSSR count). The summed E-state index contributed by atoms with van der Waals surface area (Å²) in [5.41, 5.74) is 2.23. The van der Waals surface area contributed by atoms with Gasteiger partial charge in [0.25, 0.3) is 0 Å². The average Bonchev–Trinajstić information content (AvgIpc) is 2.69. The molecule has 166 valence electrons. The first kappa shape index (κ1) is 24.1. The van der Waals surface area contributed by atoms with Gasteiger partial charge in [-0.15, -0.1) is 0 Å². The molecule has 3 amide bonds. The van der Waals surface area contributed by atoms with E-state index in [9.17, 15) is 14.4 Å². The standard InChI is InChI=1S/C24H32N4O3/c1-6-18-9-7-8-10-19(18)28(16-22(30)27-24(3,4)5)23(31)12-11-21(29)26-20-15-17(2)13-14-25-20/h7-10,13-15H,6,11-12,16H2,1-5H3,(H,27,30)(H,25,26,29). The Bertz CT molecular complexity index is 934. The van der Waals surface area contributed by atoms with Crippen molar-refractivity contribution in [1.82, 2.24) is 10.3 Å². The van der Waals surface area contributed by atoms with E-state index in [1.807, 2.05) is 65.0 Å². The fourth-order valence-corrected chi connectivity index (χ4v) is 3.15. The van der Waals surface area contributed by atoms with Crippen LogP contribution in [-0.4, -0.2) is 34.8 Å². The summed E-state index contributed by atoms with van der Waals surface area (Å²) in [6.45, 7) is 9.47. The second-order valence-corrected chi connectivity index (χ2v) is 8.53. The highest BCUT2D eigenvalue weighted by atomic mass is 16.2. The molecular weight excluding hydrogens is 392 g/mol. The van der Waals surface area contributed by atoms with Gasteiger partial charge in [0.1, 0.15) is 12.4 Å². The molecule has 2 N–H and O–H groups in total. The molecular formula is C24H32N4O3. The van der Waals surface area contributed by atoms with Crippen LogP contribution in [0, 0.1) is 6.92 Å². The summed E-state index contributed by atoms with van der Waals surface area (Å²) in [6, 6.07) is 11.1. The van der Waals surface area contributed by atoms with Crippen molar-refractivity contribution in [2.24, 2.45) is 0 Å². The predicted octanol–water partition coefficient (Wildman–Crippen LogP) is 3.62. The molecule has 0 atom stereocenters. The van der Waals surface area contributed by atoms with Gasteiger partial charge in [-0.25, -0.2) is 4.98 Å². The summed E-state index contributed by atoms with van der Waals surface area (Å²) in [4.78, 5) is 43.5. The summed E-state index contributed by atoms with van der Waals surface area (Å²) >= 11 is 0. The van der Waals surface area contributed by atoms with E-state index in [0.29, 0.717) is 11.5 Å². The Hall–Kier alpha value is -3.22. The van der Waals surface area contributed by atoms with Crippen molar-refractivity contribution in [2.45, 2.75) is 59.4 Å². The Morgan fingerprint density at radius 1 is 1.03 bits per heavy atom. The number of amides is 3. The van der Waals surface area contributed by atoms with Gasteiger partial charge in [0, 0.05) is 30.3 Å². The van der Waals surface area contributed by atoms with Crippen molar-refractivity contribution in [1.29, 1.82) is 0 Å². The second-order valence-electron chi connectivity index (χ2n) is 8.53. The number of hydrogen-bond donors (Lipinski definition) is 2. The van der Waals surface area contributed by atoms with Gasteiger partial charge in [-0.05, 0) is 63.4 Å². The zero-order chi connectivity index (χ0) is 23.0. The van der Waals surface area contributed by atoms with Crippen LogP contribution in [0.15, 0.2) is 42.6 Å². The fraction of sp³-hybridized carbons (Fsp3) is 0.417. The van der Waals surface area contributed by atoms with E-state index in [-0.39, 0.29) is 37.1 Å². The molecule has 0 aliphatic rings. The van der Waals surface area contributed by atoms with Gasteiger partial charge in [0.2, 0.25) is 17.7 Å². The minimum absolute atomic E-state index is 0.000136. The van der Waals surface area contributed by atoms with E-state index in [1.54, 1.807) is 12.3 Å². The number of aryl methyl sites for hydroxylation is 2. The number of benzene rings is 1. The quantitative estimate of drug-likeness (QED) is 0.677. The molecule has 0 unspecified atom stereocenters. The van der Waals surface area contributed by atoms with Crippen LogP contribution in [0.2, 0.25) is 0 Å². The van der Waals surface area contributed by atoms with Gasteiger partial charge in [0.15, 0.2) is 0 Å². The van der Waals surface area contributed by atoms with Crippen LogP contribution in [-0.2, 0) is 20.8 Å². The van der Waals surface area contributed by atoms with Gasteiger partial charge >= 0.3 is 0 Å². The lowest BCUT2D eigenvalue weighted by Gasteiger charge is -2.27. The average molecular weight is 425 g/mol. The third-order valence-corrected chi connectivity index (χ3v) is 4.53. The fourth-order valence-electron chi connectivity index (χ4n) is 3.15. The van der Waals surface area contributed by atoms with Crippen LogP contribution in [0.1, 0.15) is 51.7 Å². The Balaban J connectivity index is 2.12. The van der Waals surface area contributed by atoms with Gasteiger partial charge in [0.05, 0.1) is 0 Å². The predicted molar refractivity (Wildman–Crippen MR) is 123 cm³/mol. The molecule has 7 heteroatoms. The SMILES string of the molecule is CCc1ccccc1N(CC(=O)NC(C)(C)C)C(=O)CCC(=O)Nc1cc(C)ccn1. The van der Waals surface area contributed by atoms with E-state index in [1.165, 1.54) is 4.90 Å². The Kier molecular flexibility index (Phi) is 8.30.